The van der Waals surface area contributed by atoms with Gasteiger partial charge in [-0.2, -0.15) is 0 Å². The predicted molar refractivity (Wildman–Crippen MR) is 84.3 cm³/mol. The van der Waals surface area contributed by atoms with Crippen molar-refractivity contribution in [3.05, 3.63) is 54.6 Å². The van der Waals surface area contributed by atoms with Crippen LogP contribution in [0.3, 0.4) is 0 Å². The van der Waals surface area contributed by atoms with E-state index >= 15 is 0 Å². The number of benzene rings is 2. The molecule has 0 saturated carbocycles. The van der Waals surface area contributed by atoms with Gasteiger partial charge in [-0.1, -0.05) is 30.3 Å². The highest BCUT2D eigenvalue weighted by atomic mass is 32.2. The molecule has 98 valence electrons. The molecule has 0 unspecified atom stereocenters. The molecule has 2 aromatic carbocycles. The standard InChI is InChI=1S/C16H18N2S/c1-2-6-14(7-3-1)19-13-12-18-11-10-17-15-8-4-5-9-16(15)18/h1-9,17H,10-13H2. The van der Waals surface area contributed by atoms with E-state index in [-0.39, 0.29) is 0 Å². The summed E-state index contributed by atoms with van der Waals surface area (Å²) in [7, 11) is 0. The van der Waals surface area contributed by atoms with Crippen molar-refractivity contribution in [1.29, 1.82) is 0 Å². The van der Waals surface area contributed by atoms with E-state index in [0.717, 1.165) is 25.4 Å². The summed E-state index contributed by atoms with van der Waals surface area (Å²) in [6.45, 7) is 3.22. The second-order valence-corrected chi connectivity index (χ2v) is 5.76. The van der Waals surface area contributed by atoms with Gasteiger partial charge in [0.2, 0.25) is 0 Å². The fourth-order valence-electron chi connectivity index (χ4n) is 2.37. The normalized spacial score (nSPS) is 13.8. The van der Waals surface area contributed by atoms with Gasteiger partial charge >= 0.3 is 0 Å². The second-order valence-electron chi connectivity index (χ2n) is 4.59. The smallest absolute Gasteiger partial charge is 0.0602 e. The van der Waals surface area contributed by atoms with Crippen molar-refractivity contribution in [1.82, 2.24) is 0 Å². The highest BCUT2D eigenvalue weighted by Gasteiger charge is 2.14. The van der Waals surface area contributed by atoms with Gasteiger partial charge in [0.05, 0.1) is 11.4 Å². The van der Waals surface area contributed by atoms with Gasteiger partial charge < -0.3 is 10.2 Å². The molecule has 1 N–H and O–H groups in total. The molecule has 1 heterocycles. The number of hydrogen-bond acceptors (Lipinski definition) is 3. The van der Waals surface area contributed by atoms with Gasteiger partial charge in [-0.15, -0.1) is 11.8 Å². The van der Waals surface area contributed by atoms with Gasteiger partial charge in [0.25, 0.3) is 0 Å². The first-order valence-corrected chi connectivity index (χ1v) is 7.68. The molecule has 0 saturated heterocycles. The zero-order valence-corrected chi connectivity index (χ0v) is 11.7. The summed E-state index contributed by atoms with van der Waals surface area (Å²) in [5, 5.41) is 3.45. The van der Waals surface area contributed by atoms with Gasteiger partial charge in [0.15, 0.2) is 0 Å². The molecule has 1 aliphatic heterocycles. The Morgan fingerprint density at radius 1 is 1.00 bits per heavy atom. The van der Waals surface area contributed by atoms with Crippen LogP contribution in [0.15, 0.2) is 59.5 Å². The number of anilines is 2. The van der Waals surface area contributed by atoms with Crippen LogP contribution in [-0.2, 0) is 0 Å². The SMILES string of the molecule is c1ccc(SCCN2CCNc3ccccc32)cc1. The summed E-state index contributed by atoms with van der Waals surface area (Å²) in [5.74, 6) is 1.12. The van der Waals surface area contributed by atoms with Crippen LogP contribution in [0.25, 0.3) is 0 Å². The molecule has 0 fully saturated rings. The Morgan fingerprint density at radius 3 is 2.68 bits per heavy atom. The second kappa shape index (κ2) is 6.02. The molecule has 0 aliphatic carbocycles. The summed E-state index contributed by atoms with van der Waals surface area (Å²) in [4.78, 5) is 3.83. The van der Waals surface area contributed by atoms with Crippen LogP contribution in [0.2, 0.25) is 0 Å². The Kier molecular flexibility index (Phi) is 3.94. The van der Waals surface area contributed by atoms with Crippen LogP contribution in [0.5, 0.6) is 0 Å². The number of fused-ring (bicyclic) bond motifs is 1. The van der Waals surface area contributed by atoms with Crippen molar-refractivity contribution in [2.75, 3.05) is 35.6 Å². The molecular weight excluding hydrogens is 252 g/mol. The zero-order valence-electron chi connectivity index (χ0n) is 10.9. The molecule has 0 aromatic heterocycles. The van der Waals surface area contributed by atoms with Crippen LogP contribution in [0, 0.1) is 0 Å². The maximum Gasteiger partial charge on any atom is 0.0602 e. The van der Waals surface area contributed by atoms with E-state index in [1.807, 2.05) is 11.8 Å². The van der Waals surface area contributed by atoms with E-state index in [1.165, 1.54) is 16.3 Å². The first-order valence-electron chi connectivity index (χ1n) is 6.69. The largest absolute Gasteiger partial charge is 0.382 e. The predicted octanol–water partition coefficient (Wildman–Crippen LogP) is 3.71. The van der Waals surface area contributed by atoms with Gasteiger partial charge in [0.1, 0.15) is 0 Å². The molecule has 0 amide bonds. The van der Waals surface area contributed by atoms with Crippen molar-refractivity contribution < 1.29 is 0 Å². The van der Waals surface area contributed by atoms with Crippen LogP contribution < -0.4 is 10.2 Å². The minimum Gasteiger partial charge on any atom is -0.382 e. The lowest BCUT2D eigenvalue weighted by Gasteiger charge is -2.31. The molecule has 1 aliphatic rings. The van der Waals surface area contributed by atoms with E-state index in [1.54, 1.807) is 0 Å². The monoisotopic (exact) mass is 270 g/mol. The molecule has 3 rings (SSSR count). The topological polar surface area (TPSA) is 15.3 Å². The van der Waals surface area contributed by atoms with Gasteiger partial charge in [-0.05, 0) is 24.3 Å². The van der Waals surface area contributed by atoms with E-state index < -0.39 is 0 Å². The Morgan fingerprint density at radius 2 is 1.79 bits per heavy atom. The quantitative estimate of drug-likeness (QED) is 0.853. The molecule has 2 nitrogen and oxygen atoms in total. The number of thioether (sulfide) groups is 1. The molecule has 3 heteroatoms. The summed E-state index contributed by atoms with van der Waals surface area (Å²) < 4.78 is 0. The highest BCUT2D eigenvalue weighted by Crippen LogP contribution is 2.28. The first kappa shape index (κ1) is 12.4. The van der Waals surface area contributed by atoms with Crippen LogP contribution in [-0.4, -0.2) is 25.4 Å². The van der Waals surface area contributed by atoms with Gasteiger partial charge in [0, 0.05) is 30.3 Å². The van der Waals surface area contributed by atoms with Crippen LogP contribution in [0.1, 0.15) is 0 Å². The lowest BCUT2D eigenvalue weighted by Crippen LogP contribution is -2.35. The van der Waals surface area contributed by atoms with Crippen LogP contribution in [0.4, 0.5) is 11.4 Å². The lowest BCUT2D eigenvalue weighted by atomic mass is 10.2. The summed E-state index contributed by atoms with van der Waals surface area (Å²) >= 11 is 1.93. The Hall–Kier alpha value is -1.61. The molecule has 0 atom stereocenters. The van der Waals surface area contributed by atoms with Crippen LogP contribution >= 0.6 is 11.8 Å². The lowest BCUT2D eigenvalue weighted by molar-refractivity contribution is 0.819. The molecule has 0 radical (unpaired) electrons. The number of nitrogens with zero attached hydrogens (tertiary/aromatic N) is 1. The minimum atomic E-state index is 1.03. The Bertz CT molecular complexity index is 527. The third-order valence-electron chi connectivity index (χ3n) is 3.32. The van der Waals surface area contributed by atoms with Crippen molar-refractivity contribution in [3.8, 4) is 0 Å². The fourth-order valence-corrected chi connectivity index (χ4v) is 3.26. The summed E-state index contributed by atoms with van der Waals surface area (Å²) in [6, 6.07) is 19.2. The summed E-state index contributed by atoms with van der Waals surface area (Å²) in [6.07, 6.45) is 0. The molecule has 2 aromatic rings. The van der Waals surface area contributed by atoms with E-state index in [2.05, 4.69) is 64.8 Å². The first-order chi connectivity index (χ1) is 9.43. The molecule has 0 spiro atoms. The van der Waals surface area contributed by atoms with Crippen molar-refractivity contribution in [2.24, 2.45) is 0 Å². The Labute approximate surface area is 118 Å². The van der Waals surface area contributed by atoms with Crippen molar-refractivity contribution in [2.45, 2.75) is 4.90 Å². The average Bonchev–Trinajstić information content (AvgIpc) is 2.49. The zero-order chi connectivity index (χ0) is 12.9. The fraction of sp³-hybridized carbons (Fsp3) is 0.250. The number of para-hydroxylation sites is 2. The van der Waals surface area contributed by atoms with E-state index in [0.29, 0.717) is 0 Å². The van der Waals surface area contributed by atoms with Crippen molar-refractivity contribution >= 4 is 23.1 Å². The maximum absolute atomic E-state index is 3.45. The third-order valence-corrected chi connectivity index (χ3v) is 4.31. The van der Waals surface area contributed by atoms with Gasteiger partial charge in [-0.3, -0.25) is 0 Å². The number of rotatable bonds is 4. The van der Waals surface area contributed by atoms with E-state index in [9.17, 15) is 0 Å². The average molecular weight is 270 g/mol. The third kappa shape index (κ3) is 3.04. The maximum atomic E-state index is 3.45. The molecule has 19 heavy (non-hydrogen) atoms. The van der Waals surface area contributed by atoms with Gasteiger partial charge in [-0.25, -0.2) is 0 Å². The highest BCUT2D eigenvalue weighted by molar-refractivity contribution is 7.99. The molecular formula is C16H18N2S. The summed E-state index contributed by atoms with van der Waals surface area (Å²) in [5.41, 5.74) is 2.60. The minimum absolute atomic E-state index is 1.03. The molecule has 0 bridgehead atoms. The number of hydrogen-bond donors (Lipinski definition) is 1. The van der Waals surface area contributed by atoms with E-state index in [4.69, 9.17) is 0 Å². The Balaban J connectivity index is 1.59. The van der Waals surface area contributed by atoms with Crippen molar-refractivity contribution in [3.63, 3.8) is 0 Å². The number of nitrogens with one attached hydrogen (secondary N) is 1.